The number of anilines is 1. The molecule has 0 aliphatic carbocycles. The molecule has 1 aliphatic heterocycles. The Morgan fingerprint density at radius 2 is 1.81 bits per heavy atom. The zero-order valence-electron chi connectivity index (χ0n) is 16.3. The highest BCUT2D eigenvalue weighted by Gasteiger charge is 2.25. The van der Waals surface area contributed by atoms with Gasteiger partial charge in [0.2, 0.25) is 5.91 Å². The van der Waals surface area contributed by atoms with Crippen LogP contribution in [0.4, 0.5) is 5.69 Å². The van der Waals surface area contributed by atoms with Crippen LogP contribution in [0.3, 0.4) is 0 Å². The van der Waals surface area contributed by atoms with Crippen LogP contribution in [0, 0.1) is 12.8 Å². The molecule has 0 saturated carbocycles. The molecule has 1 N–H and O–H groups in total. The third-order valence-electron chi connectivity index (χ3n) is 4.72. The lowest BCUT2D eigenvalue weighted by Crippen LogP contribution is -2.52. The first kappa shape index (κ1) is 20.2. The fraction of sp³-hybridized carbons (Fsp3) is 0.600. The summed E-state index contributed by atoms with van der Waals surface area (Å²) in [6.07, 6.45) is 0.583. The van der Waals surface area contributed by atoms with Gasteiger partial charge in [0.1, 0.15) is 6.04 Å². The molecule has 1 heterocycles. The molecule has 0 bridgehead atoms. The lowest BCUT2D eigenvalue weighted by molar-refractivity contribution is -0.145. The minimum absolute atomic E-state index is 0.120. The van der Waals surface area contributed by atoms with Crippen molar-refractivity contribution >= 4 is 17.6 Å². The standard InChI is InChI=1S/C20H31N3O3/c1-15(2)13-17(20(25)26-4)21-19(24)14-22-9-11-23(12-10-22)18-8-6-5-7-16(18)3/h5-8,15,17H,9-14H2,1-4H3,(H,21,24)/t17-/m0/s1. The van der Waals surface area contributed by atoms with Crippen molar-refractivity contribution in [2.24, 2.45) is 5.92 Å². The molecule has 1 saturated heterocycles. The first-order valence-electron chi connectivity index (χ1n) is 9.30. The largest absolute Gasteiger partial charge is 0.467 e. The second kappa shape index (κ2) is 9.57. The number of amides is 1. The van der Waals surface area contributed by atoms with Gasteiger partial charge in [0.15, 0.2) is 0 Å². The predicted molar refractivity (Wildman–Crippen MR) is 103 cm³/mol. The number of carbonyl (C=O) groups is 2. The van der Waals surface area contributed by atoms with E-state index in [1.165, 1.54) is 18.4 Å². The van der Waals surface area contributed by atoms with E-state index in [0.717, 1.165) is 26.2 Å². The molecule has 0 unspecified atom stereocenters. The van der Waals surface area contributed by atoms with Gasteiger partial charge in [-0.1, -0.05) is 32.0 Å². The van der Waals surface area contributed by atoms with Gasteiger partial charge in [-0.15, -0.1) is 0 Å². The van der Waals surface area contributed by atoms with Crippen LogP contribution >= 0.6 is 0 Å². The summed E-state index contributed by atoms with van der Waals surface area (Å²) in [4.78, 5) is 28.7. The number of aryl methyl sites for hydroxylation is 1. The molecule has 6 nitrogen and oxygen atoms in total. The van der Waals surface area contributed by atoms with Crippen LogP contribution in [0.5, 0.6) is 0 Å². The summed E-state index contributed by atoms with van der Waals surface area (Å²) in [5.74, 6) is -0.195. The lowest BCUT2D eigenvalue weighted by atomic mass is 10.0. The summed E-state index contributed by atoms with van der Waals surface area (Å²) in [7, 11) is 1.35. The van der Waals surface area contributed by atoms with E-state index >= 15 is 0 Å². The monoisotopic (exact) mass is 361 g/mol. The first-order chi connectivity index (χ1) is 12.4. The van der Waals surface area contributed by atoms with Crippen molar-refractivity contribution in [3.8, 4) is 0 Å². The molecule has 2 rings (SSSR count). The van der Waals surface area contributed by atoms with E-state index in [0.29, 0.717) is 18.9 Å². The molecule has 6 heteroatoms. The van der Waals surface area contributed by atoms with Crippen molar-refractivity contribution in [1.29, 1.82) is 0 Å². The van der Waals surface area contributed by atoms with Crippen molar-refractivity contribution in [3.63, 3.8) is 0 Å². The van der Waals surface area contributed by atoms with Crippen LogP contribution in [-0.4, -0.2) is 62.7 Å². The highest BCUT2D eigenvalue weighted by atomic mass is 16.5. The maximum atomic E-state index is 12.4. The number of hydrogen-bond acceptors (Lipinski definition) is 5. The van der Waals surface area contributed by atoms with Gasteiger partial charge in [-0.25, -0.2) is 4.79 Å². The van der Waals surface area contributed by atoms with E-state index < -0.39 is 6.04 Å². The topological polar surface area (TPSA) is 61.9 Å². The normalized spacial score (nSPS) is 16.4. The number of hydrogen-bond donors (Lipinski definition) is 1. The second-order valence-corrected chi connectivity index (χ2v) is 7.32. The number of nitrogens with zero attached hydrogens (tertiary/aromatic N) is 2. The van der Waals surface area contributed by atoms with Crippen LogP contribution in [0.1, 0.15) is 25.8 Å². The van der Waals surface area contributed by atoms with E-state index in [1.54, 1.807) is 0 Å². The van der Waals surface area contributed by atoms with Gasteiger partial charge >= 0.3 is 5.97 Å². The third kappa shape index (κ3) is 5.73. The summed E-state index contributed by atoms with van der Waals surface area (Å²) in [5, 5.41) is 2.83. The molecule has 1 fully saturated rings. The number of piperazine rings is 1. The van der Waals surface area contributed by atoms with Gasteiger partial charge in [0.05, 0.1) is 13.7 Å². The zero-order chi connectivity index (χ0) is 19.1. The molecule has 1 atom stereocenters. The minimum Gasteiger partial charge on any atom is -0.467 e. The van der Waals surface area contributed by atoms with Crippen LogP contribution in [0.25, 0.3) is 0 Å². The van der Waals surface area contributed by atoms with E-state index in [-0.39, 0.29) is 11.9 Å². The quantitative estimate of drug-likeness (QED) is 0.751. The summed E-state index contributed by atoms with van der Waals surface area (Å²) < 4.78 is 4.80. The molecule has 1 aromatic rings. The Hall–Kier alpha value is -2.08. The highest BCUT2D eigenvalue weighted by Crippen LogP contribution is 2.20. The van der Waals surface area contributed by atoms with E-state index in [1.807, 2.05) is 19.9 Å². The van der Waals surface area contributed by atoms with E-state index in [2.05, 4.69) is 40.2 Å². The molecule has 0 spiro atoms. The number of carbonyl (C=O) groups excluding carboxylic acids is 2. The molecule has 1 aromatic carbocycles. The van der Waals surface area contributed by atoms with E-state index in [9.17, 15) is 9.59 Å². The van der Waals surface area contributed by atoms with Crippen molar-refractivity contribution in [1.82, 2.24) is 10.2 Å². The molecule has 26 heavy (non-hydrogen) atoms. The van der Waals surface area contributed by atoms with Crippen molar-refractivity contribution in [2.75, 3.05) is 44.7 Å². The smallest absolute Gasteiger partial charge is 0.328 e. The zero-order valence-corrected chi connectivity index (χ0v) is 16.3. The van der Waals surface area contributed by atoms with Gasteiger partial charge in [-0.2, -0.15) is 0 Å². The van der Waals surface area contributed by atoms with Gasteiger partial charge in [-0.05, 0) is 30.9 Å². The van der Waals surface area contributed by atoms with Crippen LogP contribution in [0.2, 0.25) is 0 Å². The molecule has 144 valence electrons. The minimum atomic E-state index is -0.569. The van der Waals surface area contributed by atoms with Gasteiger partial charge in [0.25, 0.3) is 0 Å². The Balaban J connectivity index is 1.83. The maximum absolute atomic E-state index is 12.4. The summed E-state index contributed by atoms with van der Waals surface area (Å²) in [6.45, 7) is 9.92. The van der Waals surface area contributed by atoms with E-state index in [4.69, 9.17) is 4.74 Å². The van der Waals surface area contributed by atoms with Gasteiger partial charge < -0.3 is 15.0 Å². The summed E-state index contributed by atoms with van der Waals surface area (Å²) in [5.41, 5.74) is 2.53. The predicted octanol–water partition coefficient (Wildman–Crippen LogP) is 1.82. The number of esters is 1. The van der Waals surface area contributed by atoms with Crippen molar-refractivity contribution < 1.29 is 14.3 Å². The Kier molecular flexibility index (Phi) is 7.45. The molecule has 0 radical (unpaired) electrons. The summed E-state index contributed by atoms with van der Waals surface area (Å²) in [6, 6.07) is 7.81. The molecular formula is C20H31N3O3. The first-order valence-corrected chi connectivity index (χ1v) is 9.30. The number of ether oxygens (including phenoxy) is 1. The second-order valence-electron chi connectivity index (χ2n) is 7.32. The van der Waals surface area contributed by atoms with Crippen molar-refractivity contribution in [3.05, 3.63) is 29.8 Å². The number of para-hydroxylation sites is 1. The number of rotatable bonds is 7. The SMILES string of the molecule is COC(=O)[C@H](CC(C)C)NC(=O)CN1CCN(c2ccccc2C)CC1. The fourth-order valence-electron chi connectivity index (χ4n) is 3.34. The molecule has 1 aliphatic rings. The maximum Gasteiger partial charge on any atom is 0.328 e. The Labute approximate surface area is 156 Å². The number of nitrogens with one attached hydrogen (secondary N) is 1. The van der Waals surface area contributed by atoms with Crippen LogP contribution < -0.4 is 10.2 Å². The molecular weight excluding hydrogens is 330 g/mol. The molecule has 1 amide bonds. The van der Waals surface area contributed by atoms with Crippen molar-refractivity contribution in [2.45, 2.75) is 33.2 Å². The number of methoxy groups -OCH3 is 1. The Morgan fingerprint density at radius 3 is 2.38 bits per heavy atom. The molecule has 0 aromatic heterocycles. The number of benzene rings is 1. The Morgan fingerprint density at radius 1 is 1.15 bits per heavy atom. The summed E-state index contributed by atoms with van der Waals surface area (Å²) >= 11 is 0. The van der Waals surface area contributed by atoms with Crippen LogP contribution in [-0.2, 0) is 14.3 Å². The Bertz CT molecular complexity index is 610. The average Bonchev–Trinajstić information content (AvgIpc) is 2.61. The van der Waals surface area contributed by atoms with Gasteiger partial charge in [-0.3, -0.25) is 9.69 Å². The average molecular weight is 361 g/mol. The van der Waals surface area contributed by atoms with Crippen LogP contribution in [0.15, 0.2) is 24.3 Å². The fourth-order valence-corrected chi connectivity index (χ4v) is 3.34. The highest BCUT2D eigenvalue weighted by molar-refractivity contribution is 5.85. The third-order valence-corrected chi connectivity index (χ3v) is 4.72. The lowest BCUT2D eigenvalue weighted by Gasteiger charge is -2.36. The van der Waals surface area contributed by atoms with Gasteiger partial charge in [0, 0.05) is 31.9 Å².